The highest BCUT2D eigenvalue weighted by atomic mass is 35.5. The Morgan fingerprint density at radius 3 is 2.75 bits per heavy atom. The minimum absolute atomic E-state index is 0.132. The summed E-state index contributed by atoms with van der Waals surface area (Å²) in [5.74, 6) is 0.801. The SMILES string of the molecule is COc1cnc(C(=O)CCCCl)c(OC)n1. The second-order valence-corrected chi connectivity index (χ2v) is 3.36. The van der Waals surface area contributed by atoms with Gasteiger partial charge in [-0.15, -0.1) is 11.6 Å². The largest absolute Gasteiger partial charge is 0.480 e. The van der Waals surface area contributed by atoms with Crippen LogP contribution in [0, 0.1) is 0 Å². The van der Waals surface area contributed by atoms with Crippen LogP contribution in [0.3, 0.4) is 0 Å². The van der Waals surface area contributed by atoms with E-state index in [9.17, 15) is 4.79 Å². The van der Waals surface area contributed by atoms with Crippen molar-refractivity contribution in [1.82, 2.24) is 9.97 Å². The molecule has 1 aromatic heterocycles. The maximum Gasteiger partial charge on any atom is 0.246 e. The van der Waals surface area contributed by atoms with Gasteiger partial charge in [-0.25, -0.2) is 4.98 Å². The number of hydrogen-bond donors (Lipinski definition) is 0. The van der Waals surface area contributed by atoms with Crippen LogP contribution in [-0.4, -0.2) is 35.9 Å². The van der Waals surface area contributed by atoms with Crippen LogP contribution in [0.2, 0.25) is 0 Å². The Labute approximate surface area is 98.8 Å². The molecule has 0 saturated heterocycles. The molecule has 0 aliphatic heterocycles. The average Bonchev–Trinajstić information content (AvgIpc) is 2.34. The van der Waals surface area contributed by atoms with Crippen LogP contribution < -0.4 is 9.47 Å². The molecule has 0 fully saturated rings. The van der Waals surface area contributed by atoms with Gasteiger partial charge >= 0.3 is 0 Å². The van der Waals surface area contributed by atoms with Crippen molar-refractivity contribution in [1.29, 1.82) is 0 Å². The number of carbonyl (C=O) groups excluding carboxylic acids is 1. The van der Waals surface area contributed by atoms with Gasteiger partial charge in [0, 0.05) is 12.3 Å². The van der Waals surface area contributed by atoms with Crippen LogP contribution >= 0.6 is 11.6 Å². The van der Waals surface area contributed by atoms with E-state index in [0.29, 0.717) is 24.6 Å². The van der Waals surface area contributed by atoms with Crippen molar-refractivity contribution in [2.24, 2.45) is 0 Å². The van der Waals surface area contributed by atoms with E-state index in [4.69, 9.17) is 21.1 Å². The van der Waals surface area contributed by atoms with Gasteiger partial charge in [0.05, 0.1) is 20.4 Å². The molecule has 0 bridgehead atoms. The van der Waals surface area contributed by atoms with Gasteiger partial charge in [0.25, 0.3) is 0 Å². The minimum atomic E-state index is -0.132. The number of ether oxygens (including phenoxy) is 2. The van der Waals surface area contributed by atoms with Crippen LogP contribution in [-0.2, 0) is 0 Å². The molecule has 0 aliphatic rings. The summed E-state index contributed by atoms with van der Waals surface area (Å²) in [6.45, 7) is 0. The number of aromatic nitrogens is 2. The second-order valence-electron chi connectivity index (χ2n) is 2.99. The normalized spacial score (nSPS) is 9.94. The number of nitrogens with zero attached hydrogens (tertiary/aromatic N) is 2. The van der Waals surface area contributed by atoms with Gasteiger partial charge in [-0.2, -0.15) is 4.98 Å². The van der Waals surface area contributed by atoms with Gasteiger partial charge < -0.3 is 9.47 Å². The molecule has 5 nitrogen and oxygen atoms in total. The van der Waals surface area contributed by atoms with E-state index in [1.807, 2.05) is 0 Å². The number of carbonyl (C=O) groups is 1. The molecule has 1 rings (SSSR count). The van der Waals surface area contributed by atoms with Gasteiger partial charge in [-0.3, -0.25) is 4.79 Å². The lowest BCUT2D eigenvalue weighted by Gasteiger charge is -2.06. The molecule has 0 atom stereocenters. The zero-order valence-electron chi connectivity index (χ0n) is 9.20. The highest BCUT2D eigenvalue weighted by Gasteiger charge is 2.15. The van der Waals surface area contributed by atoms with Crippen LogP contribution in [0.5, 0.6) is 11.8 Å². The number of alkyl halides is 1. The maximum atomic E-state index is 11.7. The molecule has 0 saturated carbocycles. The zero-order valence-corrected chi connectivity index (χ0v) is 9.95. The van der Waals surface area contributed by atoms with Crippen molar-refractivity contribution in [2.45, 2.75) is 12.8 Å². The molecule has 1 aromatic rings. The molecule has 1 heterocycles. The van der Waals surface area contributed by atoms with Gasteiger partial charge in [0.1, 0.15) is 0 Å². The third kappa shape index (κ3) is 3.06. The first-order chi connectivity index (χ1) is 7.72. The predicted molar refractivity (Wildman–Crippen MR) is 59.4 cm³/mol. The van der Waals surface area contributed by atoms with E-state index in [-0.39, 0.29) is 17.4 Å². The summed E-state index contributed by atoms with van der Waals surface area (Å²) in [6, 6.07) is 0. The van der Waals surface area contributed by atoms with E-state index in [1.165, 1.54) is 20.4 Å². The molecular formula is C10H13ClN2O3. The molecule has 0 radical (unpaired) electrons. The first kappa shape index (κ1) is 12.7. The molecule has 0 aromatic carbocycles. The summed E-state index contributed by atoms with van der Waals surface area (Å²) >= 11 is 5.51. The molecule has 0 spiro atoms. The van der Waals surface area contributed by atoms with Crippen molar-refractivity contribution >= 4 is 17.4 Å². The fourth-order valence-corrected chi connectivity index (χ4v) is 1.27. The Balaban J connectivity index is 2.90. The Bertz CT molecular complexity index is 371. The summed E-state index contributed by atoms with van der Waals surface area (Å²) in [4.78, 5) is 19.6. The van der Waals surface area contributed by atoms with Crippen molar-refractivity contribution in [3.63, 3.8) is 0 Å². The third-order valence-corrected chi connectivity index (χ3v) is 2.19. The number of rotatable bonds is 6. The summed E-state index contributed by atoms with van der Waals surface area (Å²) < 4.78 is 9.87. The van der Waals surface area contributed by atoms with Crippen molar-refractivity contribution in [3.8, 4) is 11.8 Å². The average molecular weight is 245 g/mol. The Morgan fingerprint density at radius 1 is 1.44 bits per heavy atom. The van der Waals surface area contributed by atoms with Crippen molar-refractivity contribution in [2.75, 3.05) is 20.1 Å². The number of methoxy groups -OCH3 is 2. The maximum absolute atomic E-state index is 11.7. The molecular weight excluding hydrogens is 232 g/mol. The lowest BCUT2D eigenvalue weighted by Crippen LogP contribution is -2.07. The molecule has 0 aliphatic carbocycles. The van der Waals surface area contributed by atoms with E-state index < -0.39 is 0 Å². The van der Waals surface area contributed by atoms with E-state index in [2.05, 4.69) is 9.97 Å². The smallest absolute Gasteiger partial charge is 0.246 e. The van der Waals surface area contributed by atoms with Crippen LogP contribution in [0.1, 0.15) is 23.3 Å². The van der Waals surface area contributed by atoms with E-state index in [0.717, 1.165) is 0 Å². The van der Waals surface area contributed by atoms with Crippen molar-refractivity contribution in [3.05, 3.63) is 11.9 Å². The summed E-state index contributed by atoms with van der Waals surface area (Å²) in [6.07, 6.45) is 2.33. The number of Topliss-reactive ketones (excluding diaryl/α,β-unsaturated/α-hetero) is 1. The quantitative estimate of drug-likeness (QED) is 0.563. The molecule has 0 amide bonds. The van der Waals surface area contributed by atoms with E-state index >= 15 is 0 Å². The van der Waals surface area contributed by atoms with Gasteiger partial charge in [-0.1, -0.05) is 0 Å². The highest BCUT2D eigenvalue weighted by molar-refractivity contribution is 6.18. The zero-order chi connectivity index (χ0) is 12.0. The first-order valence-corrected chi connectivity index (χ1v) is 5.30. The third-order valence-electron chi connectivity index (χ3n) is 1.92. The Morgan fingerprint density at radius 2 is 2.19 bits per heavy atom. The first-order valence-electron chi connectivity index (χ1n) is 4.77. The summed E-state index contributed by atoms with van der Waals surface area (Å²) in [5.41, 5.74) is 0.216. The number of hydrogen-bond acceptors (Lipinski definition) is 5. The van der Waals surface area contributed by atoms with Crippen LogP contribution in [0.25, 0.3) is 0 Å². The van der Waals surface area contributed by atoms with E-state index in [1.54, 1.807) is 0 Å². The van der Waals surface area contributed by atoms with Gasteiger partial charge in [0.15, 0.2) is 11.5 Å². The van der Waals surface area contributed by atoms with Crippen LogP contribution in [0.15, 0.2) is 6.20 Å². The minimum Gasteiger partial charge on any atom is -0.480 e. The summed E-state index contributed by atoms with van der Waals surface area (Å²) in [7, 11) is 2.90. The lowest BCUT2D eigenvalue weighted by atomic mass is 10.2. The Hall–Kier alpha value is -1.36. The standard InChI is InChI=1S/C10H13ClN2O3/c1-15-8-6-12-9(10(13-8)16-2)7(14)4-3-5-11/h6H,3-5H2,1-2H3. The Kier molecular flexibility index (Phi) is 4.98. The molecule has 88 valence electrons. The van der Waals surface area contributed by atoms with Gasteiger partial charge in [-0.05, 0) is 6.42 Å². The predicted octanol–water partition coefficient (Wildman–Crippen LogP) is 1.70. The van der Waals surface area contributed by atoms with Gasteiger partial charge in [0.2, 0.25) is 11.8 Å². The fourth-order valence-electron chi connectivity index (χ4n) is 1.13. The topological polar surface area (TPSA) is 61.3 Å². The number of halogens is 1. The monoisotopic (exact) mass is 244 g/mol. The lowest BCUT2D eigenvalue weighted by molar-refractivity contribution is 0.0972. The summed E-state index contributed by atoms with van der Waals surface area (Å²) in [5, 5.41) is 0. The highest BCUT2D eigenvalue weighted by Crippen LogP contribution is 2.18. The second kappa shape index (κ2) is 6.27. The van der Waals surface area contributed by atoms with Crippen molar-refractivity contribution < 1.29 is 14.3 Å². The van der Waals surface area contributed by atoms with Crippen LogP contribution in [0.4, 0.5) is 0 Å². The molecule has 0 N–H and O–H groups in total. The number of ketones is 1. The molecule has 0 unspecified atom stereocenters. The molecule has 6 heteroatoms. The fraction of sp³-hybridized carbons (Fsp3) is 0.500. The molecule has 16 heavy (non-hydrogen) atoms.